The van der Waals surface area contributed by atoms with Crippen LogP contribution in [0, 0.1) is 11.7 Å². The van der Waals surface area contributed by atoms with Crippen molar-refractivity contribution < 1.29 is 22.7 Å². The van der Waals surface area contributed by atoms with E-state index in [4.69, 9.17) is 0 Å². The molecule has 0 bridgehead atoms. The lowest BCUT2D eigenvalue weighted by molar-refractivity contribution is -0.202. The molecule has 2 rings (SSSR count). The molecule has 1 fully saturated rings. The minimum atomic E-state index is -4.35. The fourth-order valence-corrected chi connectivity index (χ4v) is 2.53. The third kappa shape index (κ3) is 2.48. The summed E-state index contributed by atoms with van der Waals surface area (Å²) in [6, 6.07) is 1.24. The van der Waals surface area contributed by atoms with Crippen molar-refractivity contribution in [3.8, 4) is 0 Å². The van der Waals surface area contributed by atoms with Crippen LogP contribution in [-0.2, 0) is 5.60 Å². The van der Waals surface area contributed by atoms with E-state index in [1.807, 2.05) is 0 Å². The third-order valence-electron chi connectivity index (χ3n) is 3.46. The van der Waals surface area contributed by atoms with Crippen molar-refractivity contribution in [2.45, 2.75) is 37.5 Å². The molecule has 2 unspecified atom stereocenters. The van der Waals surface area contributed by atoms with Crippen LogP contribution < -0.4 is 0 Å². The molecule has 0 aliphatic heterocycles. The average Bonchev–Trinajstić information content (AvgIpc) is 2.28. The second-order valence-electron chi connectivity index (χ2n) is 4.72. The Bertz CT molecular complexity index is 434. The van der Waals surface area contributed by atoms with Crippen LogP contribution in [0.4, 0.5) is 17.6 Å². The summed E-state index contributed by atoms with van der Waals surface area (Å²) in [5.74, 6) is -2.34. The number of pyridine rings is 1. The van der Waals surface area contributed by atoms with Gasteiger partial charge < -0.3 is 5.11 Å². The predicted molar refractivity (Wildman–Crippen MR) is 56.1 cm³/mol. The van der Waals surface area contributed by atoms with Gasteiger partial charge in [-0.3, -0.25) is 4.98 Å². The average molecular weight is 263 g/mol. The summed E-state index contributed by atoms with van der Waals surface area (Å²) in [7, 11) is 0. The van der Waals surface area contributed by atoms with Crippen LogP contribution in [0.2, 0.25) is 0 Å². The van der Waals surface area contributed by atoms with Gasteiger partial charge in [0, 0.05) is 11.8 Å². The maximum absolute atomic E-state index is 13.5. The van der Waals surface area contributed by atoms with Gasteiger partial charge in [0.1, 0.15) is 5.82 Å². The number of hydrogen-bond donors (Lipinski definition) is 1. The summed E-state index contributed by atoms with van der Waals surface area (Å²) in [6.07, 6.45) is -2.31. The molecule has 2 atom stereocenters. The normalized spacial score (nSPS) is 29.3. The largest absolute Gasteiger partial charge is 0.391 e. The van der Waals surface area contributed by atoms with Gasteiger partial charge in [0.2, 0.25) is 0 Å². The monoisotopic (exact) mass is 263 g/mol. The van der Waals surface area contributed by atoms with E-state index in [1.165, 1.54) is 12.3 Å². The van der Waals surface area contributed by atoms with Crippen LogP contribution in [0.3, 0.4) is 0 Å². The van der Waals surface area contributed by atoms with Crippen LogP contribution in [0.25, 0.3) is 0 Å². The molecule has 0 amide bonds. The van der Waals surface area contributed by atoms with Gasteiger partial charge in [-0.15, -0.1) is 0 Å². The van der Waals surface area contributed by atoms with Crippen LogP contribution in [0.5, 0.6) is 0 Å². The highest BCUT2D eigenvalue weighted by atomic mass is 19.4. The van der Waals surface area contributed by atoms with Gasteiger partial charge in [0.05, 0.1) is 17.7 Å². The molecular formula is C12H13F4NO. The second-order valence-corrected chi connectivity index (χ2v) is 4.72. The van der Waals surface area contributed by atoms with E-state index in [9.17, 15) is 22.7 Å². The Morgan fingerprint density at radius 1 is 1.39 bits per heavy atom. The summed E-state index contributed by atoms with van der Waals surface area (Å²) in [5.41, 5.74) is -1.84. The highest BCUT2D eigenvalue weighted by molar-refractivity contribution is 5.22. The van der Waals surface area contributed by atoms with E-state index in [0.29, 0.717) is 0 Å². The summed E-state index contributed by atoms with van der Waals surface area (Å²) in [4.78, 5) is 3.53. The molecule has 0 spiro atoms. The fraction of sp³-hybridized carbons (Fsp3) is 0.583. The van der Waals surface area contributed by atoms with Crippen molar-refractivity contribution in [2.24, 2.45) is 5.92 Å². The topological polar surface area (TPSA) is 33.1 Å². The fourth-order valence-electron chi connectivity index (χ4n) is 2.53. The van der Waals surface area contributed by atoms with E-state index in [2.05, 4.69) is 4.98 Å². The van der Waals surface area contributed by atoms with Crippen molar-refractivity contribution >= 4 is 0 Å². The first-order valence-electron chi connectivity index (χ1n) is 5.72. The summed E-state index contributed by atoms with van der Waals surface area (Å²) >= 11 is 0. The zero-order chi connectivity index (χ0) is 13.4. The number of nitrogens with zero attached hydrogens (tertiary/aromatic N) is 1. The zero-order valence-corrected chi connectivity index (χ0v) is 9.54. The van der Waals surface area contributed by atoms with Gasteiger partial charge in [-0.2, -0.15) is 13.2 Å². The van der Waals surface area contributed by atoms with Crippen molar-refractivity contribution in [3.63, 3.8) is 0 Å². The predicted octanol–water partition coefficient (Wildman–Crippen LogP) is 3.16. The Kier molecular flexibility index (Phi) is 3.31. The molecule has 1 heterocycles. The lowest BCUT2D eigenvalue weighted by Gasteiger charge is -2.37. The Hall–Kier alpha value is -1.17. The molecule has 0 radical (unpaired) electrons. The van der Waals surface area contributed by atoms with Gasteiger partial charge >= 0.3 is 6.18 Å². The standard InChI is InChI=1S/C12H13F4NO/c13-10-7-17-5-3-9(10)11(18)4-1-2-8(6-11)12(14,15)16/h3,5,7-8,18H,1-2,4,6H2. The quantitative estimate of drug-likeness (QED) is 0.789. The van der Waals surface area contributed by atoms with Gasteiger partial charge in [0.15, 0.2) is 0 Å². The van der Waals surface area contributed by atoms with Crippen molar-refractivity contribution in [1.29, 1.82) is 0 Å². The SMILES string of the molecule is OC1(c2ccncc2F)CCCC(C(F)(F)F)C1. The Balaban J connectivity index is 2.29. The highest BCUT2D eigenvalue weighted by Crippen LogP contribution is 2.46. The lowest BCUT2D eigenvalue weighted by atomic mass is 9.74. The maximum atomic E-state index is 13.5. The van der Waals surface area contributed by atoms with Gasteiger partial charge in [0.25, 0.3) is 0 Å². The van der Waals surface area contributed by atoms with Crippen molar-refractivity contribution in [3.05, 3.63) is 29.8 Å². The summed E-state index contributed by atoms with van der Waals surface area (Å²) in [5, 5.41) is 10.3. The number of aliphatic hydroxyl groups is 1. The van der Waals surface area contributed by atoms with Crippen molar-refractivity contribution in [2.75, 3.05) is 0 Å². The summed E-state index contributed by atoms with van der Waals surface area (Å²) in [6.45, 7) is 0. The van der Waals surface area contributed by atoms with Crippen molar-refractivity contribution in [1.82, 2.24) is 4.98 Å². The molecule has 1 aromatic heterocycles. The van der Waals surface area contributed by atoms with Gasteiger partial charge in [-0.1, -0.05) is 0 Å². The minimum absolute atomic E-state index is 0.0154. The van der Waals surface area contributed by atoms with Crippen LogP contribution >= 0.6 is 0 Å². The van der Waals surface area contributed by atoms with E-state index < -0.39 is 29.9 Å². The van der Waals surface area contributed by atoms with E-state index in [0.717, 1.165) is 6.20 Å². The molecule has 0 saturated heterocycles. The molecular weight excluding hydrogens is 250 g/mol. The number of aromatic nitrogens is 1. The maximum Gasteiger partial charge on any atom is 0.391 e. The number of rotatable bonds is 1. The molecule has 1 N–H and O–H groups in total. The molecule has 100 valence electrons. The molecule has 0 aromatic carbocycles. The number of hydrogen-bond acceptors (Lipinski definition) is 2. The third-order valence-corrected chi connectivity index (χ3v) is 3.46. The number of halogens is 4. The number of alkyl halides is 3. The molecule has 1 aliphatic rings. The minimum Gasteiger partial charge on any atom is -0.385 e. The van der Waals surface area contributed by atoms with E-state index in [1.54, 1.807) is 0 Å². The first kappa shape index (κ1) is 13.3. The smallest absolute Gasteiger partial charge is 0.385 e. The molecule has 1 saturated carbocycles. The van der Waals surface area contributed by atoms with E-state index >= 15 is 0 Å². The molecule has 2 nitrogen and oxygen atoms in total. The Morgan fingerprint density at radius 3 is 2.72 bits per heavy atom. The first-order valence-corrected chi connectivity index (χ1v) is 5.72. The molecule has 1 aliphatic carbocycles. The molecule has 1 aromatic rings. The van der Waals surface area contributed by atoms with Crippen LogP contribution in [0.15, 0.2) is 18.5 Å². The Morgan fingerprint density at radius 2 is 2.11 bits per heavy atom. The summed E-state index contributed by atoms with van der Waals surface area (Å²) < 4.78 is 51.6. The van der Waals surface area contributed by atoms with Gasteiger partial charge in [-0.05, 0) is 31.7 Å². The molecule has 6 heteroatoms. The zero-order valence-electron chi connectivity index (χ0n) is 9.54. The first-order chi connectivity index (χ1) is 8.33. The van der Waals surface area contributed by atoms with E-state index in [-0.39, 0.29) is 24.8 Å². The second kappa shape index (κ2) is 4.50. The molecule has 18 heavy (non-hydrogen) atoms. The lowest BCUT2D eigenvalue weighted by Crippen LogP contribution is -2.39. The van der Waals surface area contributed by atoms with Crippen LogP contribution in [0.1, 0.15) is 31.2 Å². The Labute approximate surface area is 102 Å². The van der Waals surface area contributed by atoms with Gasteiger partial charge in [-0.25, -0.2) is 4.39 Å². The van der Waals surface area contributed by atoms with Crippen LogP contribution in [-0.4, -0.2) is 16.3 Å². The highest BCUT2D eigenvalue weighted by Gasteiger charge is 2.48.